The van der Waals surface area contributed by atoms with Crippen molar-refractivity contribution in [2.75, 3.05) is 5.75 Å². The van der Waals surface area contributed by atoms with Crippen LogP contribution < -0.4 is 0 Å². The second kappa shape index (κ2) is 7.74. The fourth-order valence-electron chi connectivity index (χ4n) is 3.35. The number of fused-ring (bicyclic) bond motifs is 2. The van der Waals surface area contributed by atoms with Gasteiger partial charge in [0, 0.05) is 29.5 Å². The predicted octanol–water partition coefficient (Wildman–Crippen LogP) is 5.41. The summed E-state index contributed by atoms with van der Waals surface area (Å²) in [4.78, 5) is 15.6. The molecule has 0 amide bonds. The van der Waals surface area contributed by atoms with Crippen LogP contribution in [-0.2, 0) is 11.2 Å². The Morgan fingerprint density at radius 1 is 1.26 bits per heavy atom. The molecule has 1 aromatic carbocycles. The highest BCUT2D eigenvalue weighted by Crippen LogP contribution is 2.33. The Morgan fingerprint density at radius 2 is 2.15 bits per heavy atom. The number of thiophene rings is 1. The third-order valence-corrected chi connectivity index (χ3v) is 6.70. The smallest absolute Gasteiger partial charge is 0.303 e. The Morgan fingerprint density at radius 3 is 3.00 bits per heavy atom. The SMILES string of the molecule is Cc1cccc2scc(Cc3c(SCCCC(=O)O)nc4ccccn34)c12. The molecule has 138 valence electrons. The van der Waals surface area contributed by atoms with E-state index in [2.05, 4.69) is 41.1 Å². The van der Waals surface area contributed by atoms with E-state index in [-0.39, 0.29) is 6.42 Å². The van der Waals surface area contributed by atoms with E-state index in [1.165, 1.54) is 26.9 Å². The largest absolute Gasteiger partial charge is 0.481 e. The number of nitrogens with zero attached hydrogens (tertiary/aromatic N) is 2. The molecule has 0 atom stereocenters. The number of hydrogen-bond acceptors (Lipinski definition) is 4. The highest BCUT2D eigenvalue weighted by atomic mass is 32.2. The van der Waals surface area contributed by atoms with Gasteiger partial charge >= 0.3 is 5.97 Å². The van der Waals surface area contributed by atoms with Crippen molar-refractivity contribution < 1.29 is 9.90 Å². The van der Waals surface area contributed by atoms with Crippen LogP contribution in [0.3, 0.4) is 0 Å². The van der Waals surface area contributed by atoms with Crippen LogP contribution in [0.5, 0.6) is 0 Å². The molecule has 4 aromatic rings. The van der Waals surface area contributed by atoms with Crippen molar-refractivity contribution in [2.45, 2.75) is 31.2 Å². The zero-order valence-electron chi connectivity index (χ0n) is 15.0. The van der Waals surface area contributed by atoms with Crippen molar-refractivity contribution in [1.82, 2.24) is 9.38 Å². The highest BCUT2D eigenvalue weighted by Gasteiger charge is 2.16. The lowest BCUT2D eigenvalue weighted by Crippen LogP contribution is -1.97. The Labute approximate surface area is 165 Å². The van der Waals surface area contributed by atoms with E-state index in [1.54, 1.807) is 23.1 Å². The lowest BCUT2D eigenvalue weighted by molar-refractivity contribution is -0.137. The Bertz CT molecular complexity index is 1110. The van der Waals surface area contributed by atoms with Crippen molar-refractivity contribution in [3.05, 3.63) is 64.8 Å². The van der Waals surface area contributed by atoms with Crippen LogP contribution in [-0.4, -0.2) is 26.2 Å². The lowest BCUT2D eigenvalue weighted by Gasteiger charge is -2.06. The summed E-state index contributed by atoms with van der Waals surface area (Å²) in [6.07, 6.45) is 3.72. The maximum Gasteiger partial charge on any atom is 0.303 e. The number of imidazole rings is 1. The van der Waals surface area contributed by atoms with Crippen molar-refractivity contribution in [3.63, 3.8) is 0 Å². The van der Waals surface area contributed by atoms with Gasteiger partial charge in [-0.15, -0.1) is 23.1 Å². The fourth-order valence-corrected chi connectivity index (χ4v) is 5.36. The first-order chi connectivity index (χ1) is 13.1. The van der Waals surface area contributed by atoms with Gasteiger partial charge in [-0.25, -0.2) is 4.98 Å². The molecule has 0 radical (unpaired) electrons. The van der Waals surface area contributed by atoms with Gasteiger partial charge in [-0.1, -0.05) is 18.2 Å². The maximum atomic E-state index is 10.8. The van der Waals surface area contributed by atoms with E-state index < -0.39 is 5.97 Å². The number of carboxylic acids is 1. The molecule has 4 nitrogen and oxygen atoms in total. The van der Waals surface area contributed by atoms with Crippen molar-refractivity contribution >= 4 is 44.8 Å². The normalized spacial score (nSPS) is 11.4. The molecule has 4 rings (SSSR count). The second-order valence-electron chi connectivity index (χ2n) is 6.52. The zero-order chi connectivity index (χ0) is 18.8. The van der Waals surface area contributed by atoms with Crippen LogP contribution in [0.1, 0.15) is 29.7 Å². The second-order valence-corrected chi connectivity index (χ2v) is 8.52. The number of aliphatic carboxylic acids is 1. The standard InChI is InChI=1S/C21H20N2O2S2/c1-14-6-4-7-17-20(14)15(13-27-17)12-16-21(26-11-5-9-19(24)25)22-18-8-2-3-10-23(16)18/h2-4,6-8,10,13H,5,9,11-12H2,1H3,(H,24,25). The molecule has 0 unspecified atom stereocenters. The Kier molecular flexibility index (Phi) is 5.18. The fraction of sp³-hybridized carbons (Fsp3) is 0.238. The number of aryl methyl sites for hydroxylation is 1. The first kappa shape index (κ1) is 18.1. The summed E-state index contributed by atoms with van der Waals surface area (Å²) in [6.45, 7) is 2.16. The van der Waals surface area contributed by atoms with Crippen LogP contribution in [0.15, 0.2) is 53.0 Å². The molecule has 0 saturated heterocycles. The van der Waals surface area contributed by atoms with E-state index in [4.69, 9.17) is 10.1 Å². The summed E-state index contributed by atoms with van der Waals surface area (Å²) in [5.41, 5.74) is 4.73. The lowest BCUT2D eigenvalue weighted by atomic mass is 10.0. The average molecular weight is 397 g/mol. The zero-order valence-corrected chi connectivity index (χ0v) is 16.6. The monoisotopic (exact) mass is 396 g/mol. The molecule has 1 N–H and O–H groups in total. The van der Waals surface area contributed by atoms with Gasteiger partial charge in [-0.2, -0.15) is 0 Å². The van der Waals surface area contributed by atoms with Crippen LogP contribution in [0.4, 0.5) is 0 Å². The van der Waals surface area contributed by atoms with Gasteiger partial charge in [0.25, 0.3) is 0 Å². The molecule has 0 bridgehead atoms. The first-order valence-electron chi connectivity index (χ1n) is 8.90. The van der Waals surface area contributed by atoms with E-state index in [0.717, 1.165) is 22.8 Å². The summed E-state index contributed by atoms with van der Waals surface area (Å²) in [6, 6.07) is 12.5. The molecule has 0 fully saturated rings. The van der Waals surface area contributed by atoms with Gasteiger partial charge in [0.15, 0.2) is 0 Å². The molecule has 0 spiro atoms. The van der Waals surface area contributed by atoms with Crippen LogP contribution >= 0.6 is 23.1 Å². The van der Waals surface area contributed by atoms with E-state index in [1.807, 2.05) is 18.2 Å². The van der Waals surface area contributed by atoms with E-state index >= 15 is 0 Å². The summed E-state index contributed by atoms with van der Waals surface area (Å²) < 4.78 is 3.47. The number of hydrogen-bond donors (Lipinski definition) is 1. The third kappa shape index (κ3) is 3.73. The molecule has 3 heterocycles. The van der Waals surface area contributed by atoms with Gasteiger partial charge < -0.3 is 9.51 Å². The molecule has 3 aromatic heterocycles. The summed E-state index contributed by atoms with van der Waals surface area (Å²) in [5.74, 6) is 0.0121. The van der Waals surface area contributed by atoms with Crippen molar-refractivity contribution in [2.24, 2.45) is 0 Å². The summed E-state index contributed by atoms with van der Waals surface area (Å²) >= 11 is 3.44. The minimum atomic E-state index is -0.744. The topological polar surface area (TPSA) is 54.6 Å². The molecule has 0 aliphatic heterocycles. The molecule has 0 aliphatic rings. The Hall–Kier alpha value is -2.31. The van der Waals surface area contributed by atoms with Crippen LogP contribution in [0.2, 0.25) is 0 Å². The minimum Gasteiger partial charge on any atom is -0.481 e. The molecule has 27 heavy (non-hydrogen) atoms. The van der Waals surface area contributed by atoms with Crippen molar-refractivity contribution in [1.29, 1.82) is 0 Å². The van der Waals surface area contributed by atoms with E-state index in [0.29, 0.717) is 6.42 Å². The summed E-state index contributed by atoms with van der Waals surface area (Å²) in [7, 11) is 0. The third-order valence-electron chi connectivity index (χ3n) is 4.61. The summed E-state index contributed by atoms with van der Waals surface area (Å²) in [5, 5.41) is 13.4. The van der Waals surface area contributed by atoms with Crippen LogP contribution in [0, 0.1) is 6.92 Å². The number of carboxylic acid groups (broad SMARTS) is 1. The van der Waals surface area contributed by atoms with E-state index in [9.17, 15) is 4.79 Å². The molecular weight excluding hydrogens is 376 g/mol. The maximum absolute atomic E-state index is 10.8. The van der Waals surface area contributed by atoms with Gasteiger partial charge in [0.1, 0.15) is 10.7 Å². The average Bonchev–Trinajstić information content (AvgIpc) is 3.22. The molecule has 0 aliphatic carbocycles. The van der Waals surface area contributed by atoms with Crippen LogP contribution in [0.25, 0.3) is 15.7 Å². The quantitative estimate of drug-likeness (QED) is 0.335. The number of thioether (sulfide) groups is 1. The van der Waals surface area contributed by atoms with Gasteiger partial charge in [0.2, 0.25) is 0 Å². The molecule has 0 saturated carbocycles. The number of benzene rings is 1. The molecule has 6 heteroatoms. The van der Waals surface area contributed by atoms with Gasteiger partial charge in [-0.05, 0) is 53.4 Å². The van der Waals surface area contributed by atoms with Crippen molar-refractivity contribution in [3.8, 4) is 0 Å². The predicted molar refractivity (Wildman–Crippen MR) is 112 cm³/mol. The number of rotatable bonds is 7. The number of aromatic nitrogens is 2. The Balaban J connectivity index is 1.69. The molecular formula is C21H20N2O2S2. The minimum absolute atomic E-state index is 0.198. The van der Waals surface area contributed by atoms with Gasteiger partial charge in [-0.3, -0.25) is 4.79 Å². The number of carbonyl (C=O) groups is 1. The number of pyridine rings is 1. The first-order valence-corrected chi connectivity index (χ1v) is 10.8. The highest BCUT2D eigenvalue weighted by molar-refractivity contribution is 7.99. The van der Waals surface area contributed by atoms with Gasteiger partial charge in [0.05, 0.1) is 5.69 Å².